The highest BCUT2D eigenvalue weighted by Gasteiger charge is 2.17. The highest BCUT2D eigenvalue weighted by atomic mass is 32.1. The van der Waals surface area contributed by atoms with Crippen LogP contribution in [0.4, 0.5) is 0 Å². The Morgan fingerprint density at radius 1 is 1.09 bits per heavy atom. The Morgan fingerprint density at radius 3 is 2.65 bits per heavy atom. The van der Waals surface area contributed by atoms with Gasteiger partial charge in [-0.05, 0) is 49.3 Å². The van der Waals surface area contributed by atoms with Crippen LogP contribution in [0.5, 0.6) is 0 Å². The molecule has 0 atom stereocenters. The third kappa shape index (κ3) is 2.10. The molecule has 0 spiro atoms. The molecule has 0 bridgehead atoms. The molecule has 6 heteroatoms. The first-order valence-corrected chi connectivity index (χ1v) is 7.74. The Kier molecular flexibility index (Phi) is 3.12. The van der Waals surface area contributed by atoms with Gasteiger partial charge in [-0.2, -0.15) is 5.10 Å². The second kappa shape index (κ2) is 5.17. The van der Waals surface area contributed by atoms with Crippen LogP contribution in [0.1, 0.15) is 11.1 Å². The number of aromatic nitrogens is 5. The average Bonchev–Trinajstić information content (AvgIpc) is 3.12. The molecular formula is C17H15N5S. The van der Waals surface area contributed by atoms with Crippen molar-refractivity contribution >= 4 is 23.3 Å². The fourth-order valence-corrected chi connectivity index (χ4v) is 3.21. The van der Waals surface area contributed by atoms with Gasteiger partial charge in [-0.25, -0.2) is 4.98 Å². The second-order valence-electron chi connectivity index (χ2n) is 5.53. The van der Waals surface area contributed by atoms with Gasteiger partial charge in [-0.3, -0.25) is 9.67 Å². The van der Waals surface area contributed by atoms with Crippen LogP contribution >= 0.6 is 12.2 Å². The van der Waals surface area contributed by atoms with Crippen molar-refractivity contribution in [2.45, 2.75) is 13.8 Å². The van der Waals surface area contributed by atoms with Crippen LogP contribution in [0.15, 0.2) is 42.7 Å². The fraction of sp³-hybridized carbons (Fsp3) is 0.118. The number of hydrogen-bond donors (Lipinski definition) is 2. The van der Waals surface area contributed by atoms with Crippen molar-refractivity contribution in [3.63, 3.8) is 0 Å². The first-order chi connectivity index (χ1) is 11.2. The first kappa shape index (κ1) is 13.9. The first-order valence-electron chi connectivity index (χ1n) is 7.33. The Hall–Kier alpha value is -2.73. The van der Waals surface area contributed by atoms with Crippen LogP contribution in [0.3, 0.4) is 0 Å². The quantitative estimate of drug-likeness (QED) is 0.547. The van der Waals surface area contributed by atoms with Crippen LogP contribution in [-0.2, 0) is 0 Å². The lowest BCUT2D eigenvalue weighted by Crippen LogP contribution is -2.02. The molecule has 0 radical (unpaired) electrons. The molecule has 0 saturated heterocycles. The number of benzene rings is 1. The number of para-hydroxylation sites is 1. The molecule has 23 heavy (non-hydrogen) atoms. The summed E-state index contributed by atoms with van der Waals surface area (Å²) in [6, 6.07) is 10.2. The van der Waals surface area contributed by atoms with Gasteiger partial charge < -0.3 is 4.98 Å². The smallest absolute Gasteiger partial charge is 0.200 e. The van der Waals surface area contributed by atoms with Crippen molar-refractivity contribution in [1.82, 2.24) is 24.7 Å². The van der Waals surface area contributed by atoms with E-state index in [-0.39, 0.29) is 0 Å². The van der Waals surface area contributed by atoms with Gasteiger partial charge in [0.2, 0.25) is 0 Å². The SMILES string of the molecule is Cc1cccc(C)c1-n1c(-c2c[nH]c3ncccc23)n[nH]c1=S. The summed E-state index contributed by atoms with van der Waals surface area (Å²) in [6.07, 6.45) is 3.69. The summed E-state index contributed by atoms with van der Waals surface area (Å²) in [4.78, 5) is 7.53. The number of nitrogens with zero attached hydrogens (tertiary/aromatic N) is 3. The van der Waals surface area contributed by atoms with Crippen LogP contribution in [-0.4, -0.2) is 24.7 Å². The normalized spacial score (nSPS) is 11.2. The van der Waals surface area contributed by atoms with E-state index in [2.05, 4.69) is 46.1 Å². The summed E-state index contributed by atoms with van der Waals surface area (Å²) in [5, 5.41) is 8.41. The van der Waals surface area contributed by atoms with Crippen molar-refractivity contribution in [1.29, 1.82) is 0 Å². The highest BCUT2D eigenvalue weighted by Crippen LogP contribution is 2.30. The van der Waals surface area contributed by atoms with Crippen molar-refractivity contribution in [2.75, 3.05) is 0 Å². The van der Waals surface area contributed by atoms with E-state index < -0.39 is 0 Å². The zero-order chi connectivity index (χ0) is 16.0. The lowest BCUT2D eigenvalue weighted by Gasteiger charge is -2.12. The summed E-state index contributed by atoms with van der Waals surface area (Å²) in [6.45, 7) is 4.16. The number of aromatic amines is 2. The van der Waals surface area contributed by atoms with Crippen LogP contribution in [0.2, 0.25) is 0 Å². The number of H-pyrrole nitrogens is 2. The summed E-state index contributed by atoms with van der Waals surface area (Å²) < 4.78 is 2.57. The number of pyridine rings is 1. The number of aryl methyl sites for hydroxylation is 2. The number of nitrogens with one attached hydrogen (secondary N) is 2. The van der Waals surface area contributed by atoms with E-state index in [0.29, 0.717) is 4.77 Å². The van der Waals surface area contributed by atoms with Gasteiger partial charge in [0, 0.05) is 23.3 Å². The minimum absolute atomic E-state index is 0.579. The van der Waals surface area contributed by atoms with E-state index >= 15 is 0 Å². The van der Waals surface area contributed by atoms with Crippen LogP contribution in [0, 0.1) is 18.6 Å². The van der Waals surface area contributed by atoms with E-state index in [1.54, 1.807) is 6.20 Å². The molecule has 4 rings (SSSR count). The minimum Gasteiger partial charge on any atom is -0.345 e. The van der Waals surface area contributed by atoms with Gasteiger partial charge in [-0.1, -0.05) is 18.2 Å². The van der Waals surface area contributed by atoms with Crippen molar-refractivity contribution in [3.8, 4) is 17.1 Å². The zero-order valence-corrected chi connectivity index (χ0v) is 13.6. The maximum atomic E-state index is 5.49. The van der Waals surface area contributed by atoms with E-state index in [9.17, 15) is 0 Å². The van der Waals surface area contributed by atoms with Gasteiger partial charge in [0.05, 0.1) is 5.69 Å². The molecule has 3 aromatic heterocycles. The molecule has 5 nitrogen and oxygen atoms in total. The van der Waals surface area contributed by atoms with Gasteiger partial charge in [-0.15, -0.1) is 0 Å². The molecular weight excluding hydrogens is 306 g/mol. The monoisotopic (exact) mass is 321 g/mol. The van der Waals surface area contributed by atoms with Gasteiger partial charge in [0.1, 0.15) is 5.65 Å². The molecule has 3 heterocycles. The average molecular weight is 321 g/mol. The van der Waals surface area contributed by atoms with E-state index in [1.165, 1.54) is 0 Å². The van der Waals surface area contributed by atoms with E-state index in [1.807, 2.05) is 29.0 Å². The molecule has 0 fully saturated rings. The van der Waals surface area contributed by atoms with Crippen molar-refractivity contribution in [3.05, 3.63) is 58.6 Å². The second-order valence-corrected chi connectivity index (χ2v) is 5.92. The molecule has 1 aromatic carbocycles. The Labute approximate surface area is 138 Å². The van der Waals surface area contributed by atoms with Crippen molar-refractivity contribution in [2.24, 2.45) is 0 Å². The Morgan fingerprint density at radius 2 is 1.87 bits per heavy atom. The van der Waals surface area contributed by atoms with Crippen LogP contribution in [0.25, 0.3) is 28.1 Å². The van der Waals surface area contributed by atoms with Crippen molar-refractivity contribution < 1.29 is 0 Å². The lowest BCUT2D eigenvalue weighted by molar-refractivity contribution is 1.01. The predicted molar refractivity (Wildman–Crippen MR) is 93.3 cm³/mol. The Bertz CT molecular complexity index is 1050. The third-order valence-electron chi connectivity index (χ3n) is 4.03. The molecule has 0 amide bonds. The van der Waals surface area contributed by atoms with E-state index in [0.717, 1.165) is 39.2 Å². The summed E-state index contributed by atoms with van der Waals surface area (Å²) in [5.41, 5.74) is 5.19. The van der Waals surface area contributed by atoms with Gasteiger partial charge in [0.25, 0.3) is 0 Å². The van der Waals surface area contributed by atoms with Crippen LogP contribution < -0.4 is 0 Å². The summed E-state index contributed by atoms with van der Waals surface area (Å²) in [5.74, 6) is 0.784. The van der Waals surface area contributed by atoms with E-state index in [4.69, 9.17) is 12.2 Å². The predicted octanol–water partition coefficient (Wildman–Crippen LogP) is 4.09. The molecule has 4 aromatic rings. The molecule has 0 saturated carbocycles. The third-order valence-corrected chi connectivity index (χ3v) is 4.30. The zero-order valence-electron chi connectivity index (χ0n) is 12.8. The van der Waals surface area contributed by atoms with Gasteiger partial charge >= 0.3 is 0 Å². The number of fused-ring (bicyclic) bond motifs is 1. The number of rotatable bonds is 2. The summed E-state index contributed by atoms with van der Waals surface area (Å²) >= 11 is 5.49. The lowest BCUT2D eigenvalue weighted by atomic mass is 10.1. The number of hydrogen-bond acceptors (Lipinski definition) is 3. The molecule has 114 valence electrons. The summed E-state index contributed by atoms with van der Waals surface area (Å²) in [7, 11) is 0. The minimum atomic E-state index is 0.579. The molecule has 0 unspecified atom stereocenters. The highest BCUT2D eigenvalue weighted by molar-refractivity contribution is 7.71. The standard InChI is InChI=1S/C17H15N5S/c1-10-5-3-6-11(2)14(10)22-16(20-21-17(22)23)13-9-19-15-12(13)7-4-8-18-15/h3-9H,1-2H3,(H,18,19)(H,21,23). The largest absolute Gasteiger partial charge is 0.345 e. The molecule has 0 aliphatic heterocycles. The fourth-order valence-electron chi connectivity index (χ4n) is 2.98. The maximum Gasteiger partial charge on any atom is 0.200 e. The molecule has 2 N–H and O–H groups in total. The molecule has 0 aliphatic carbocycles. The van der Waals surface area contributed by atoms with Gasteiger partial charge in [0.15, 0.2) is 10.6 Å². The molecule has 0 aliphatic rings. The Balaban J connectivity index is 2.05. The topological polar surface area (TPSA) is 62.3 Å². The maximum absolute atomic E-state index is 5.49.